The van der Waals surface area contributed by atoms with Gasteiger partial charge in [-0.2, -0.15) is 0 Å². The van der Waals surface area contributed by atoms with Crippen molar-refractivity contribution in [3.8, 4) is 0 Å². The first kappa shape index (κ1) is 18.2. The fraction of sp³-hybridized carbons (Fsp3) is 0.263. The fourth-order valence-corrected chi connectivity index (χ4v) is 3.31. The van der Waals surface area contributed by atoms with Gasteiger partial charge >= 0.3 is 6.03 Å². The first-order valence-electron chi connectivity index (χ1n) is 8.45. The van der Waals surface area contributed by atoms with E-state index in [2.05, 4.69) is 5.32 Å². The Morgan fingerprint density at radius 1 is 0.962 bits per heavy atom. The van der Waals surface area contributed by atoms with Crippen LogP contribution in [0.1, 0.15) is 11.6 Å². The molecule has 1 heterocycles. The zero-order valence-electron chi connectivity index (χ0n) is 14.3. The van der Waals surface area contributed by atoms with Gasteiger partial charge in [-0.05, 0) is 17.7 Å². The molecule has 7 heteroatoms. The van der Waals surface area contributed by atoms with E-state index in [1.165, 1.54) is 0 Å². The molecule has 3 amide bonds. The van der Waals surface area contributed by atoms with Crippen LogP contribution in [-0.2, 0) is 4.79 Å². The molecular weight excluding hydrogens is 352 g/mol. The molecule has 1 aliphatic rings. The maximum atomic E-state index is 12.4. The maximum Gasteiger partial charge on any atom is 0.321 e. The van der Waals surface area contributed by atoms with Gasteiger partial charge in [0.2, 0.25) is 5.91 Å². The van der Waals surface area contributed by atoms with E-state index in [1.54, 1.807) is 17.0 Å². The van der Waals surface area contributed by atoms with Gasteiger partial charge in [0, 0.05) is 26.2 Å². The molecule has 136 valence electrons. The number of urea groups is 1. The largest absolute Gasteiger partial charge is 0.368 e. The molecule has 6 nitrogen and oxygen atoms in total. The van der Waals surface area contributed by atoms with Gasteiger partial charge in [0.25, 0.3) is 0 Å². The second-order valence-electron chi connectivity index (χ2n) is 6.15. The van der Waals surface area contributed by atoms with Crippen LogP contribution < -0.4 is 11.1 Å². The minimum atomic E-state index is -0.482. The third kappa shape index (κ3) is 4.15. The number of carbonyl (C=O) groups is 2. The van der Waals surface area contributed by atoms with Crippen molar-refractivity contribution in [3.05, 3.63) is 65.2 Å². The molecule has 26 heavy (non-hydrogen) atoms. The van der Waals surface area contributed by atoms with Crippen LogP contribution in [0.5, 0.6) is 0 Å². The van der Waals surface area contributed by atoms with E-state index < -0.39 is 6.04 Å². The minimum Gasteiger partial charge on any atom is -0.368 e. The normalized spacial score (nSPS) is 16.1. The number of halogens is 1. The Bertz CT molecular complexity index is 776. The molecule has 0 aliphatic carbocycles. The number of amides is 3. The van der Waals surface area contributed by atoms with Crippen molar-refractivity contribution in [2.45, 2.75) is 6.04 Å². The molecular formula is C19H21ClN4O2. The Morgan fingerprint density at radius 3 is 2.19 bits per heavy atom. The highest BCUT2D eigenvalue weighted by Gasteiger charge is 2.30. The first-order valence-corrected chi connectivity index (χ1v) is 8.83. The summed E-state index contributed by atoms with van der Waals surface area (Å²) in [4.78, 5) is 28.1. The highest BCUT2D eigenvalue weighted by molar-refractivity contribution is 6.33. The molecule has 1 unspecified atom stereocenters. The highest BCUT2D eigenvalue weighted by atomic mass is 35.5. The molecule has 3 rings (SSSR count). The maximum absolute atomic E-state index is 12.4. The Hall–Kier alpha value is -2.57. The van der Waals surface area contributed by atoms with Gasteiger partial charge in [-0.15, -0.1) is 0 Å². The van der Waals surface area contributed by atoms with Gasteiger partial charge in [0.15, 0.2) is 0 Å². The number of primary amides is 1. The summed E-state index contributed by atoms with van der Waals surface area (Å²) in [7, 11) is 0. The van der Waals surface area contributed by atoms with Gasteiger partial charge in [-0.3, -0.25) is 9.69 Å². The van der Waals surface area contributed by atoms with Crippen molar-refractivity contribution in [3.63, 3.8) is 0 Å². The van der Waals surface area contributed by atoms with E-state index in [9.17, 15) is 9.59 Å². The predicted octanol–water partition coefficient (Wildman–Crippen LogP) is 2.72. The van der Waals surface area contributed by atoms with E-state index in [0.29, 0.717) is 36.9 Å². The van der Waals surface area contributed by atoms with E-state index in [-0.39, 0.29) is 11.9 Å². The smallest absolute Gasteiger partial charge is 0.321 e. The SMILES string of the molecule is NC(=O)C(c1ccccc1)N1CCN(C(=O)Nc2ccccc2Cl)CC1. The van der Waals surface area contributed by atoms with E-state index in [4.69, 9.17) is 17.3 Å². The lowest BCUT2D eigenvalue weighted by Crippen LogP contribution is -2.52. The number of para-hydroxylation sites is 1. The van der Waals surface area contributed by atoms with Crippen LogP contribution in [0.15, 0.2) is 54.6 Å². The predicted molar refractivity (Wildman–Crippen MR) is 102 cm³/mol. The molecule has 1 fully saturated rings. The molecule has 0 bridgehead atoms. The van der Waals surface area contributed by atoms with Gasteiger partial charge in [-0.1, -0.05) is 54.1 Å². The Morgan fingerprint density at radius 2 is 1.58 bits per heavy atom. The summed E-state index contributed by atoms with van der Waals surface area (Å²) < 4.78 is 0. The van der Waals surface area contributed by atoms with Gasteiger partial charge in [0.05, 0.1) is 10.7 Å². The topological polar surface area (TPSA) is 78.7 Å². The van der Waals surface area contributed by atoms with Crippen molar-refractivity contribution in [1.82, 2.24) is 9.80 Å². The van der Waals surface area contributed by atoms with Crippen molar-refractivity contribution in [2.24, 2.45) is 5.73 Å². The molecule has 2 aromatic carbocycles. The first-order chi connectivity index (χ1) is 12.6. The number of anilines is 1. The zero-order chi connectivity index (χ0) is 18.5. The van der Waals surface area contributed by atoms with Crippen LogP contribution in [0.25, 0.3) is 0 Å². The van der Waals surface area contributed by atoms with Crippen molar-refractivity contribution in [2.75, 3.05) is 31.5 Å². The lowest BCUT2D eigenvalue weighted by Gasteiger charge is -2.38. The number of rotatable bonds is 4. The highest BCUT2D eigenvalue weighted by Crippen LogP contribution is 2.23. The number of piperazine rings is 1. The van der Waals surface area contributed by atoms with E-state index in [0.717, 1.165) is 5.56 Å². The van der Waals surface area contributed by atoms with Crippen LogP contribution in [-0.4, -0.2) is 47.9 Å². The molecule has 3 N–H and O–H groups in total. The lowest BCUT2D eigenvalue weighted by molar-refractivity contribution is -0.124. The van der Waals surface area contributed by atoms with E-state index in [1.807, 2.05) is 47.4 Å². The Labute approximate surface area is 157 Å². The number of carbonyl (C=O) groups excluding carboxylic acids is 2. The quantitative estimate of drug-likeness (QED) is 0.866. The summed E-state index contributed by atoms with van der Waals surface area (Å²) in [5.41, 5.74) is 7.08. The summed E-state index contributed by atoms with van der Waals surface area (Å²) in [6, 6.07) is 15.9. The minimum absolute atomic E-state index is 0.201. The molecule has 2 aromatic rings. The fourth-order valence-electron chi connectivity index (χ4n) is 3.13. The summed E-state index contributed by atoms with van der Waals surface area (Å²) in [6.45, 7) is 2.15. The van der Waals surface area contributed by atoms with Crippen LogP contribution in [0.4, 0.5) is 10.5 Å². The molecule has 0 radical (unpaired) electrons. The number of hydrogen-bond donors (Lipinski definition) is 2. The number of benzene rings is 2. The molecule has 0 saturated carbocycles. The molecule has 0 spiro atoms. The third-order valence-corrected chi connectivity index (χ3v) is 4.80. The average Bonchev–Trinajstić information content (AvgIpc) is 2.65. The molecule has 0 aromatic heterocycles. The zero-order valence-corrected chi connectivity index (χ0v) is 15.0. The second kappa shape index (κ2) is 8.21. The van der Waals surface area contributed by atoms with Gasteiger partial charge in [0.1, 0.15) is 6.04 Å². The van der Waals surface area contributed by atoms with Gasteiger partial charge < -0.3 is 16.0 Å². The van der Waals surface area contributed by atoms with Crippen molar-refractivity contribution < 1.29 is 9.59 Å². The molecule has 1 saturated heterocycles. The van der Waals surface area contributed by atoms with Crippen LogP contribution in [0.2, 0.25) is 5.02 Å². The monoisotopic (exact) mass is 372 g/mol. The van der Waals surface area contributed by atoms with Gasteiger partial charge in [-0.25, -0.2) is 4.79 Å². The standard InChI is InChI=1S/C19H21ClN4O2/c20-15-8-4-5-9-16(15)22-19(26)24-12-10-23(11-13-24)17(18(21)25)14-6-2-1-3-7-14/h1-9,17H,10-13H2,(H2,21,25)(H,22,26). The Balaban J connectivity index is 1.62. The summed E-state index contributed by atoms with van der Waals surface area (Å²) in [5.74, 6) is -0.384. The van der Waals surface area contributed by atoms with E-state index >= 15 is 0 Å². The lowest BCUT2D eigenvalue weighted by atomic mass is 10.0. The second-order valence-corrected chi connectivity index (χ2v) is 6.56. The summed E-state index contributed by atoms with van der Waals surface area (Å²) in [6.07, 6.45) is 0. The third-order valence-electron chi connectivity index (χ3n) is 4.47. The van der Waals surface area contributed by atoms with Crippen LogP contribution >= 0.6 is 11.6 Å². The van der Waals surface area contributed by atoms with Crippen LogP contribution in [0, 0.1) is 0 Å². The summed E-state index contributed by atoms with van der Waals surface area (Å²) >= 11 is 6.08. The van der Waals surface area contributed by atoms with Crippen LogP contribution in [0.3, 0.4) is 0 Å². The number of nitrogens with two attached hydrogens (primary N) is 1. The summed E-state index contributed by atoms with van der Waals surface area (Å²) in [5, 5.41) is 3.32. The number of hydrogen-bond acceptors (Lipinski definition) is 3. The average molecular weight is 373 g/mol. The Kier molecular flexibility index (Phi) is 5.75. The number of nitrogens with zero attached hydrogens (tertiary/aromatic N) is 2. The van der Waals surface area contributed by atoms with Crippen molar-refractivity contribution >= 4 is 29.2 Å². The van der Waals surface area contributed by atoms with Crippen molar-refractivity contribution in [1.29, 1.82) is 0 Å². The molecule has 1 aliphatic heterocycles. The molecule has 1 atom stereocenters. The number of nitrogens with one attached hydrogen (secondary N) is 1.